The summed E-state index contributed by atoms with van der Waals surface area (Å²) in [6.07, 6.45) is -4.61. The van der Waals surface area contributed by atoms with Gasteiger partial charge in [-0.3, -0.25) is 4.90 Å². The van der Waals surface area contributed by atoms with Gasteiger partial charge < -0.3 is 10.1 Å². The highest BCUT2D eigenvalue weighted by atomic mass is 35.5. The van der Waals surface area contributed by atoms with Crippen molar-refractivity contribution in [2.45, 2.75) is 18.8 Å². The van der Waals surface area contributed by atoms with Gasteiger partial charge in [0.25, 0.3) is 0 Å². The topological polar surface area (TPSA) is 41.6 Å². The lowest BCUT2D eigenvalue weighted by atomic mass is 10.0. The molecule has 2 aromatic rings. The number of nitrogens with zero attached hydrogens (tertiary/aromatic N) is 1. The lowest BCUT2D eigenvalue weighted by Crippen LogP contribution is -2.50. The van der Waals surface area contributed by atoms with Gasteiger partial charge in [-0.1, -0.05) is 23.7 Å². The number of urea groups is 1. The molecule has 1 N–H and O–H groups in total. The Morgan fingerprint density at radius 2 is 1.88 bits per heavy atom. The molecule has 0 fully saturated rings. The smallest absolute Gasteiger partial charge is 0.413 e. The lowest BCUT2D eigenvalue weighted by Gasteiger charge is -2.36. The summed E-state index contributed by atoms with van der Waals surface area (Å²) in [6.45, 7) is 0.120. The number of halogens is 4. The summed E-state index contributed by atoms with van der Waals surface area (Å²) in [5, 5.41) is 2.19. The molecule has 25 heavy (non-hydrogen) atoms. The van der Waals surface area contributed by atoms with Crippen molar-refractivity contribution in [2.75, 3.05) is 12.0 Å². The molecule has 8 heteroatoms. The van der Waals surface area contributed by atoms with E-state index in [9.17, 15) is 18.0 Å². The highest BCUT2D eigenvalue weighted by molar-refractivity contribution is 6.30. The number of carbonyl (C=O) groups excluding carboxylic acids is 1. The molecule has 2 amide bonds. The molecule has 0 radical (unpaired) electrons. The van der Waals surface area contributed by atoms with Gasteiger partial charge in [-0.2, -0.15) is 13.2 Å². The molecule has 0 aromatic heterocycles. The van der Waals surface area contributed by atoms with Crippen LogP contribution in [-0.2, 0) is 6.54 Å². The van der Waals surface area contributed by atoms with Crippen molar-refractivity contribution in [3.8, 4) is 5.75 Å². The van der Waals surface area contributed by atoms with Gasteiger partial charge in [0, 0.05) is 10.6 Å². The quantitative estimate of drug-likeness (QED) is 0.852. The third-order valence-corrected chi connectivity index (χ3v) is 4.17. The fraction of sp³-hybridized carbons (Fsp3) is 0.235. The van der Waals surface area contributed by atoms with Crippen LogP contribution < -0.4 is 15.0 Å². The van der Waals surface area contributed by atoms with Crippen LogP contribution in [0.2, 0.25) is 5.02 Å². The zero-order chi connectivity index (χ0) is 18.2. The molecule has 4 nitrogen and oxygen atoms in total. The Labute approximate surface area is 147 Å². The van der Waals surface area contributed by atoms with E-state index in [0.29, 0.717) is 5.75 Å². The largest absolute Gasteiger partial charge is 0.497 e. The van der Waals surface area contributed by atoms with E-state index < -0.39 is 18.2 Å². The van der Waals surface area contributed by atoms with Gasteiger partial charge in [0.15, 0.2) is 6.04 Å². The highest BCUT2D eigenvalue weighted by Crippen LogP contribution is 2.42. The maximum Gasteiger partial charge on any atom is 0.413 e. The number of anilines is 1. The molecule has 0 saturated carbocycles. The highest BCUT2D eigenvalue weighted by Gasteiger charge is 2.47. The van der Waals surface area contributed by atoms with E-state index >= 15 is 0 Å². The summed E-state index contributed by atoms with van der Waals surface area (Å²) in [5.74, 6) is 0.649. The molecular weight excluding hydrogens is 357 g/mol. The second-order valence-corrected chi connectivity index (χ2v) is 6.00. The first-order chi connectivity index (χ1) is 11.8. The summed E-state index contributed by atoms with van der Waals surface area (Å²) < 4.78 is 44.9. The van der Waals surface area contributed by atoms with Crippen LogP contribution in [0, 0.1) is 0 Å². The number of hydrogen-bond donors (Lipinski definition) is 1. The van der Waals surface area contributed by atoms with E-state index in [1.807, 2.05) is 5.32 Å². The Morgan fingerprint density at radius 3 is 2.48 bits per heavy atom. The number of fused-ring (bicyclic) bond motifs is 1. The monoisotopic (exact) mass is 370 g/mol. The van der Waals surface area contributed by atoms with Crippen LogP contribution in [0.1, 0.15) is 17.2 Å². The number of methoxy groups -OCH3 is 1. The number of amides is 2. The summed E-state index contributed by atoms with van der Waals surface area (Å²) in [7, 11) is 1.53. The Balaban J connectivity index is 1.98. The third kappa shape index (κ3) is 3.51. The fourth-order valence-corrected chi connectivity index (χ4v) is 2.90. The maximum atomic E-state index is 13.3. The molecule has 1 unspecified atom stereocenters. The third-order valence-electron chi connectivity index (χ3n) is 3.93. The van der Waals surface area contributed by atoms with Gasteiger partial charge in [-0.05, 0) is 35.9 Å². The minimum atomic E-state index is -4.61. The maximum absolute atomic E-state index is 13.3. The second-order valence-electron chi connectivity index (χ2n) is 5.56. The molecule has 2 aromatic carbocycles. The van der Waals surface area contributed by atoms with Crippen LogP contribution in [0.15, 0.2) is 42.5 Å². The van der Waals surface area contributed by atoms with E-state index in [2.05, 4.69) is 0 Å². The van der Waals surface area contributed by atoms with Crippen molar-refractivity contribution in [3.63, 3.8) is 0 Å². The van der Waals surface area contributed by atoms with Gasteiger partial charge in [-0.25, -0.2) is 4.79 Å². The van der Waals surface area contributed by atoms with Crippen molar-refractivity contribution >= 4 is 23.3 Å². The number of ether oxygens (including phenoxy) is 1. The van der Waals surface area contributed by atoms with E-state index in [-0.39, 0.29) is 22.8 Å². The molecule has 0 saturated heterocycles. The van der Waals surface area contributed by atoms with Gasteiger partial charge >= 0.3 is 12.2 Å². The van der Waals surface area contributed by atoms with Crippen LogP contribution in [0.25, 0.3) is 0 Å². The summed E-state index contributed by atoms with van der Waals surface area (Å²) >= 11 is 5.86. The second kappa shape index (κ2) is 6.48. The van der Waals surface area contributed by atoms with Gasteiger partial charge in [-0.15, -0.1) is 0 Å². The Morgan fingerprint density at radius 1 is 1.20 bits per heavy atom. The minimum Gasteiger partial charge on any atom is -0.497 e. The molecule has 1 heterocycles. The predicted octanol–water partition coefficient (Wildman–Crippen LogP) is 4.68. The molecule has 0 aliphatic carbocycles. The molecule has 0 spiro atoms. The molecular formula is C17H14ClF3N2O2. The van der Waals surface area contributed by atoms with Gasteiger partial charge in [0.05, 0.1) is 19.3 Å². The summed E-state index contributed by atoms with van der Waals surface area (Å²) in [6, 6.07) is 8.17. The van der Waals surface area contributed by atoms with Crippen molar-refractivity contribution in [1.29, 1.82) is 0 Å². The first-order valence-electron chi connectivity index (χ1n) is 7.36. The number of hydrogen-bond acceptors (Lipinski definition) is 2. The number of nitrogens with one attached hydrogen (secondary N) is 1. The molecule has 1 aliphatic heterocycles. The zero-order valence-electron chi connectivity index (χ0n) is 13.1. The molecule has 1 aliphatic rings. The van der Waals surface area contributed by atoms with Gasteiger partial charge in [0.2, 0.25) is 0 Å². The normalized spacial score (nSPS) is 17.1. The van der Waals surface area contributed by atoms with Crippen LogP contribution in [-0.4, -0.2) is 19.3 Å². The zero-order valence-corrected chi connectivity index (χ0v) is 13.9. The van der Waals surface area contributed by atoms with Crippen LogP contribution in [0.5, 0.6) is 5.75 Å². The average Bonchev–Trinajstić information content (AvgIpc) is 2.56. The number of rotatable bonds is 3. The average molecular weight is 371 g/mol. The van der Waals surface area contributed by atoms with Crippen LogP contribution in [0.3, 0.4) is 0 Å². The first-order valence-corrected chi connectivity index (χ1v) is 7.74. The minimum absolute atomic E-state index is 0.0758. The van der Waals surface area contributed by atoms with Crippen molar-refractivity contribution < 1.29 is 22.7 Å². The van der Waals surface area contributed by atoms with E-state index in [4.69, 9.17) is 16.3 Å². The fourth-order valence-electron chi connectivity index (χ4n) is 2.72. The van der Waals surface area contributed by atoms with Crippen molar-refractivity contribution in [3.05, 3.63) is 58.6 Å². The Bertz CT molecular complexity index is 793. The predicted molar refractivity (Wildman–Crippen MR) is 88.0 cm³/mol. The van der Waals surface area contributed by atoms with Crippen LogP contribution >= 0.6 is 11.6 Å². The first kappa shape index (κ1) is 17.4. The molecule has 0 bridgehead atoms. The van der Waals surface area contributed by atoms with Crippen molar-refractivity contribution in [2.24, 2.45) is 0 Å². The summed E-state index contributed by atoms with van der Waals surface area (Å²) in [5.41, 5.74) is 0.863. The number of alkyl halides is 3. The van der Waals surface area contributed by atoms with Crippen LogP contribution in [0.4, 0.5) is 23.7 Å². The Kier molecular flexibility index (Phi) is 4.51. The molecule has 1 atom stereocenters. The SMILES string of the molecule is COc1ccc(CN2C(=O)NC(C(F)(F)F)c3cc(Cl)ccc32)cc1. The summed E-state index contributed by atoms with van der Waals surface area (Å²) in [4.78, 5) is 13.5. The van der Waals surface area contributed by atoms with Crippen molar-refractivity contribution in [1.82, 2.24) is 5.32 Å². The molecule has 3 rings (SSSR count). The Hall–Kier alpha value is -2.41. The lowest BCUT2D eigenvalue weighted by molar-refractivity contribution is -0.155. The van der Waals surface area contributed by atoms with E-state index in [1.165, 1.54) is 30.2 Å². The number of carbonyl (C=O) groups is 1. The van der Waals surface area contributed by atoms with E-state index in [0.717, 1.165) is 5.56 Å². The number of benzene rings is 2. The molecule has 132 valence electrons. The van der Waals surface area contributed by atoms with Gasteiger partial charge in [0.1, 0.15) is 5.75 Å². The van der Waals surface area contributed by atoms with E-state index in [1.54, 1.807) is 24.3 Å². The standard InChI is InChI=1S/C17H14ClF3N2O2/c1-25-12-5-2-10(3-6-12)9-23-14-7-4-11(18)8-13(14)15(17(19,20)21)22-16(23)24/h2-8,15H,9H2,1H3,(H,22,24).